The van der Waals surface area contributed by atoms with Gasteiger partial charge in [0.25, 0.3) is 5.91 Å². The van der Waals surface area contributed by atoms with Gasteiger partial charge in [0, 0.05) is 32.3 Å². The van der Waals surface area contributed by atoms with Crippen LogP contribution in [-0.2, 0) is 21.3 Å². The van der Waals surface area contributed by atoms with Gasteiger partial charge in [0.15, 0.2) is 4.80 Å². The average Bonchev–Trinajstić information content (AvgIpc) is 3.08. The number of aromatic nitrogens is 1. The zero-order valence-electron chi connectivity index (χ0n) is 19.1. The number of aryl methyl sites for hydroxylation is 2. The molecule has 0 saturated carbocycles. The molecule has 0 aliphatic carbocycles. The van der Waals surface area contributed by atoms with E-state index in [9.17, 15) is 13.2 Å². The van der Waals surface area contributed by atoms with E-state index in [1.807, 2.05) is 4.57 Å². The summed E-state index contributed by atoms with van der Waals surface area (Å²) in [6, 6.07) is 10.2. The molecule has 7 nitrogen and oxygen atoms in total. The highest BCUT2D eigenvalue weighted by atomic mass is 32.2. The number of amides is 1. The van der Waals surface area contributed by atoms with Crippen molar-refractivity contribution in [3.63, 3.8) is 0 Å². The molecule has 3 aromatic rings. The Hall–Kier alpha value is -2.33. The van der Waals surface area contributed by atoms with Crippen LogP contribution in [0, 0.1) is 13.8 Å². The normalized spacial score (nSPS) is 12.8. The third-order valence-corrected chi connectivity index (χ3v) is 8.56. The van der Waals surface area contributed by atoms with Gasteiger partial charge in [0.1, 0.15) is 0 Å². The zero-order valence-corrected chi connectivity index (χ0v) is 20.7. The van der Waals surface area contributed by atoms with Gasteiger partial charge in [-0.15, -0.1) is 0 Å². The van der Waals surface area contributed by atoms with Gasteiger partial charge in [0.2, 0.25) is 10.0 Å². The van der Waals surface area contributed by atoms with Crippen molar-refractivity contribution in [3.8, 4) is 0 Å². The molecule has 1 heterocycles. The van der Waals surface area contributed by atoms with Crippen molar-refractivity contribution in [2.24, 2.45) is 4.99 Å². The summed E-state index contributed by atoms with van der Waals surface area (Å²) >= 11 is 1.45. The van der Waals surface area contributed by atoms with E-state index < -0.39 is 15.9 Å². The van der Waals surface area contributed by atoms with Crippen LogP contribution in [0.2, 0.25) is 0 Å². The summed E-state index contributed by atoms with van der Waals surface area (Å²) in [7, 11) is -1.93. The standard InChI is InChI=1S/C23H29N3O4S2/c1-6-25(7-2)32(28,29)19-10-8-18(9-11-19)22(27)24-23-26(12-13-30-5)20-14-16(3)17(4)15-21(20)31-23/h8-11,14-15H,6-7,12-13H2,1-5H3. The van der Waals surface area contributed by atoms with E-state index in [1.54, 1.807) is 21.0 Å². The van der Waals surface area contributed by atoms with Gasteiger partial charge >= 0.3 is 0 Å². The molecule has 9 heteroatoms. The minimum atomic E-state index is -3.57. The number of hydrogen-bond acceptors (Lipinski definition) is 5. The first kappa shape index (κ1) is 24.3. The van der Waals surface area contributed by atoms with Gasteiger partial charge in [-0.2, -0.15) is 9.30 Å². The highest BCUT2D eigenvalue weighted by Gasteiger charge is 2.21. The molecule has 0 unspecified atom stereocenters. The van der Waals surface area contributed by atoms with E-state index in [4.69, 9.17) is 4.74 Å². The Labute approximate surface area is 193 Å². The van der Waals surface area contributed by atoms with Crippen molar-refractivity contribution in [2.75, 3.05) is 26.8 Å². The van der Waals surface area contributed by atoms with Crippen LogP contribution in [-0.4, -0.2) is 50.0 Å². The largest absolute Gasteiger partial charge is 0.383 e. The quantitative estimate of drug-likeness (QED) is 0.497. The molecular formula is C23H29N3O4S2. The van der Waals surface area contributed by atoms with Gasteiger partial charge in [-0.05, 0) is 61.4 Å². The predicted octanol–water partition coefficient (Wildman–Crippen LogP) is 3.74. The van der Waals surface area contributed by atoms with Gasteiger partial charge in [-0.3, -0.25) is 4.79 Å². The van der Waals surface area contributed by atoms with Crippen LogP contribution >= 0.6 is 11.3 Å². The minimum Gasteiger partial charge on any atom is -0.383 e. The molecule has 172 valence electrons. The lowest BCUT2D eigenvalue weighted by Crippen LogP contribution is -2.30. The number of rotatable bonds is 8. The Morgan fingerprint density at radius 2 is 1.72 bits per heavy atom. The lowest BCUT2D eigenvalue weighted by Gasteiger charge is -2.18. The van der Waals surface area contributed by atoms with Gasteiger partial charge < -0.3 is 9.30 Å². The molecular weight excluding hydrogens is 446 g/mol. The molecule has 3 rings (SSSR count). The number of thiazole rings is 1. The van der Waals surface area contributed by atoms with Crippen LogP contribution in [0.5, 0.6) is 0 Å². The summed E-state index contributed by atoms with van der Waals surface area (Å²) in [6.07, 6.45) is 0. The highest BCUT2D eigenvalue weighted by Crippen LogP contribution is 2.22. The summed E-state index contributed by atoms with van der Waals surface area (Å²) in [4.78, 5) is 18.0. The third-order valence-electron chi connectivity index (χ3n) is 5.46. The molecule has 0 spiro atoms. The number of nitrogens with zero attached hydrogens (tertiary/aromatic N) is 3. The first-order chi connectivity index (χ1) is 15.2. The van der Waals surface area contributed by atoms with Crippen molar-refractivity contribution >= 4 is 37.5 Å². The van der Waals surface area contributed by atoms with Crippen LogP contribution in [0.3, 0.4) is 0 Å². The molecule has 2 aromatic carbocycles. The summed E-state index contributed by atoms with van der Waals surface area (Å²) in [5.74, 6) is -0.414. The Bertz CT molecular complexity index is 1290. The van der Waals surface area contributed by atoms with Crippen LogP contribution in [0.15, 0.2) is 46.3 Å². The second-order valence-corrected chi connectivity index (χ2v) is 10.4. The smallest absolute Gasteiger partial charge is 0.279 e. The molecule has 1 aromatic heterocycles. The number of ether oxygens (including phenoxy) is 1. The van der Waals surface area contributed by atoms with E-state index in [1.165, 1.54) is 51.0 Å². The monoisotopic (exact) mass is 475 g/mol. The Kier molecular flexibility index (Phi) is 7.66. The number of carbonyl (C=O) groups is 1. The summed E-state index contributed by atoms with van der Waals surface area (Å²) in [5, 5.41) is 0. The lowest BCUT2D eigenvalue weighted by molar-refractivity contribution is 0.0997. The number of benzene rings is 2. The SMILES string of the molecule is CCN(CC)S(=O)(=O)c1ccc(C(=O)N=c2sc3cc(C)c(C)cc3n2CCOC)cc1. The highest BCUT2D eigenvalue weighted by molar-refractivity contribution is 7.89. The van der Waals surface area contributed by atoms with E-state index in [0.29, 0.717) is 36.6 Å². The Morgan fingerprint density at radius 3 is 2.31 bits per heavy atom. The number of methoxy groups -OCH3 is 1. The summed E-state index contributed by atoms with van der Waals surface area (Å²) in [6.45, 7) is 9.56. The summed E-state index contributed by atoms with van der Waals surface area (Å²) < 4.78 is 35.0. The predicted molar refractivity (Wildman–Crippen MR) is 128 cm³/mol. The van der Waals surface area contributed by atoms with E-state index in [0.717, 1.165) is 10.2 Å². The molecule has 0 N–H and O–H groups in total. The van der Waals surface area contributed by atoms with Crippen molar-refractivity contribution in [2.45, 2.75) is 39.1 Å². The van der Waals surface area contributed by atoms with Gasteiger partial charge in [-0.1, -0.05) is 25.2 Å². The third kappa shape index (κ3) is 4.85. The van der Waals surface area contributed by atoms with Gasteiger partial charge in [0.05, 0.1) is 21.7 Å². The van der Waals surface area contributed by atoms with Crippen molar-refractivity contribution in [1.82, 2.24) is 8.87 Å². The zero-order chi connectivity index (χ0) is 23.5. The molecule has 0 radical (unpaired) electrons. The maximum Gasteiger partial charge on any atom is 0.279 e. The van der Waals surface area contributed by atoms with Crippen LogP contribution in [0.1, 0.15) is 35.3 Å². The molecule has 32 heavy (non-hydrogen) atoms. The van der Waals surface area contributed by atoms with E-state index in [-0.39, 0.29) is 4.90 Å². The molecule has 0 bridgehead atoms. The fourth-order valence-electron chi connectivity index (χ4n) is 3.44. The minimum absolute atomic E-state index is 0.167. The van der Waals surface area contributed by atoms with Crippen LogP contribution < -0.4 is 4.80 Å². The maximum absolute atomic E-state index is 12.9. The molecule has 0 saturated heterocycles. The molecule has 0 fully saturated rings. The first-order valence-corrected chi connectivity index (χ1v) is 12.8. The second-order valence-electron chi connectivity index (χ2n) is 7.46. The van der Waals surface area contributed by atoms with Crippen molar-refractivity contribution in [3.05, 3.63) is 57.9 Å². The molecule has 0 aliphatic rings. The number of carbonyl (C=O) groups excluding carboxylic acids is 1. The number of fused-ring (bicyclic) bond motifs is 1. The Morgan fingerprint density at radius 1 is 1.09 bits per heavy atom. The van der Waals surface area contributed by atoms with Crippen LogP contribution in [0.4, 0.5) is 0 Å². The Balaban J connectivity index is 2.01. The first-order valence-electron chi connectivity index (χ1n) is 10.5. The lowest BCUT2D eigenvalue weighted by atomic mass is 10.1. The molecule has 0 atom stereocenters. The molecule has 1 amide bonds. The summed E-state index contributed by atoms with van der Waals surface area (Å²) in [5.41, 5.74) is 3.71. The fraction of sp³-hybridized carbons (Fsp3) is 0.391. The number of sulfonamides is 1. The second kappa shape index (κ2) is 10.1. The maximum atomic E-state index is 12.9. The fourth-order valence-corrected chi connectivity index (χ4v) is 6.03. The molecule has 0 aliphatic heterocycles. The van der Waals surface area contributed by atoms with Crippen molar-refractivity contribution < 1.29 is 17.9 Å². The topological polar surface area (TPSA) is 81.0 Å². The van der Waals surface area contributed by atoms with E-state index in [2.05, 4.69) is 31.0 Å². The number of hydrogen-bond donors (Lipinski definition) is 0. The van der Waals surface area contributed by atoms with Crippen LogP contribution in [0.25, 0.3) is 10.2 Å². The van der Waals surface area contributed by atoms with Crippen molar-refractivity contribution in [1.29, 1.82) is 0 Å². The van der Waals surface area contributed by atoms with E-state index >= 15 is 0 Å². The van der Waals surface area contributed by atoms with Gasteiger partial charge in [-0.25, -0.2) is 8.42 Å². The average molecular weight is 476 g/mol.